The molecule has 1 nitrogen and oxygen atoms in total. The van der Waals surface area contributed by atoms with Crippen LogP contribution in [0.2, 0.25) is 0 Å². The zero-order valence-corrected chi connectivity index (χ0v) is 27.8. The minimum absolute atomic E-state index is 0.685. The molecule has 0 aromatic heterocycles. The Kier molecular flexibility index (Phi) is 20.8. The van der Waals surface area contributed by atoms with Gasteiger partial charge in [-0.1, -0.05) is 184 Å². The van der Waals surface area contributed by atoms with Gasteiger partial charge in [0.15, 0.2) is 0 Å². The minimum Gasteiger partial charge on any atom is -0.320 e. The molecule has 2 aromatic rings. The fourth-order valence-corrected chi connectivity index (χ4v) is 6.74. The van der Waals surface area contributed by atoms with Gasteiger partial charge >= 0.3 is 0 Å². The number of unbranched alkanes of at least 4 members (excludes halogenated alkanes) is 18. The highest BCUT2D eigenvalue weighted by Crippen LogP contribution is 2.27. The van der Waals surface area contributed by atoms with Crippen LogP contribution in [0.4, 0.5) is 0 Å². The smallest absolute Gasteiger partial charge is 0.104 e. The lowest BCUT2D eigenvalue weighted by molar-refractivity contribution is -0.946. The summed E-state index contributed by atoms with van der Waals surface area (Å²) in [5.74, 6) is 0. The first-order chi connectivity index (χ1) is 20.2. The molecule has 0 fully saturated rings. The summed E-state index contributed by atoms with van der Waals surface area (Å²) in [5.41, 5.74) is 3.02. The number of quaternary nitrogens is 1. The van der Waals surface area contributed by atoms with Crippen molar-refractivity contribution in [2.45, 2.75) is 168 Å². The third kappa shape index (κ3) is 17.2. The SMILES string of the molecule is CCCCCCCCCCCCC(Cc1ccccc1)[N+](C)(CCCCCCCCCCCC)Cc1ccccc1. The second kappa shape index (κ2) is 23.9. The molecule has 0 N–H and O–H groups in total. The van der Waals surface area contributed by atoms with E-state index in [9.17, 15) is 0 Å². The fourth-order valence-electron chi connectivity index (χ4n) is 6.74. The van der Waals surface area contributed by atoms with Crippen molar-refractivity contribution in [3.05, 3.63) is 71.8 Å². The van der Waals surface area contributed by atoms with E-state index in [1.165, 1.54) is 163 Å². The molecule has 0 aliphatic rings. The Morgan fingerprint density at radius 1 is 0.463 bits per heavy atom. The van der Waals surface area contributed by atoms with Crippen molar-refractivity contribution >= 4 is 0 Å². The first-order valence-electron chi connectivity index (χ1n) is 18.1. The molecule has 2 atom stereocenters. The second-order valence-electron chi connectivity index (χ2n) is 13.3. The highest BCUT2D eigenvalue weighted by Gasteiger charge is 2.32. The van der Waals surface area contributed by atoms with Crippen molar-refractivity contribution in [1.29, 1.82) is 0 Å². The van der Waals surface area contributed by atoms with Gasteiger partial charge in [-0.2, -0.15) is 0 Å². The number of rotatable bonds is 27. The molecule has 232 valence electrons. The van der Waals surface area contributed by atoms with Gasteiger partial charge in [0, 0.05) is 12.0 Å². The van der Waals surface area contributed by atoms with Crippen LogP contribution >= 0.6 is 0 Å². The molecule has 2 rings (SSSR count). The normalized spacial score (nSPS) is 13.7. The summed E-state index contributed by atoms with van der Waals surface area (Å²) in [6.45, 7) is 7.09. The third-order valence-electron chi connectivity index (χ3n) is 9.50. The van der Waals surface area contributed by atoms with Crippen LogP contribution in [0.15, 0.2) is 60.7 Å². The van der Waals surface area contributed by atoms with Gasteiger partial charge in [-0.3, -0.25) is 0 Å². The molecular weight excluding hydrogens is 494 g/mol. The van der Waals surface area contributed by atoms with E-state index in [0.29, 0.717) is 6.04 Å². The summed E-state index contributed by atoms with van der Waals surface area (Å²) >= 11 is 0. The molecule has 2 aromatic carbocycles. The molecule has 0 spiro atoms. The molecule has 0 aliphatic heterocycles. The van der Waals surface area contributed by atoms with E-state index in [0.717, 1.165) is 6.54 Å². The van der Waals surface area contributed by atoms with E-state index in [-0.39, 0.29) is 0 Å². The number of nitrogens with zero attached hydrogens (tertiary/aromatic N) is 1. The third-order valence-corrected chi connectivity index (χ3v) is 9.50. The first-order valence-corrected chi connectivity index (χ1v) is 18.1. The van der Waals surface area contributed by atoms with Gasteiger partial charge in [-0.05, 0) is 31.2 Å². The monoisotopic (exact) mass is 563 g/mol. The summed E-state index contributed by atoms with van der Waals surface area (Å²) in [6, 6.07) is 23.4. The molecule has 0 saturated carbocycles. The Morgan fingerprint density at radius 2 is 0.854 bits per heavy atom. The maximum atomic E-state index is 2.59. The largest absolute Gasteiger partial charge is 0.320 e. The lowest BCUT2D eigenvalue weighted by atomic mass is 9.95. The number of hydrogen-bond donors (Lipinski definition) is 0. The van der Waals surface area contributed by atoms with Crippen molar-refractivity contribution in [2.24, 2.45) is 0 Å². The van der Waals surface area contributed by atoms with Crippen molar-refractivity contribution < 1.29 is 4.48 Å². The molecule has 1 heteroatoms. The van der Waals surface area contributed by atoms with Crippen molar-refractivity contribution in [1.82, 2.24) is 0 Å². The summed E-state index contributed by atoms with van der Waals surface area (Å²) in [4.78, 5) is 0. The van der Waals surface area contributed by atoms with Crippen LogP contribution < -0.4 is 0 Å². The van der Waals surface area contributed by atoms with Crippen LogP contribution in [0, 0.1) is 0 Å². The number of likely N-dealkylation sites (N-methyl/N-ethyl adjacent to an activating group) is 1. The Morgan fingerprint density at radius 3 is 1.32 bits per heavy atom. The van der Waals surface area contributed by atoms with Crippen LogP contribution in [0.25, 0.3) is 0 Å². The van der Waals surface area contributed by atoms with E-state index >= 15 is 0 Å². The highest BCUT2D eigenvalue weighted by molar-refractivity contribution is 5.16. The maximum Gasteiger partial charge on any atom is 0.104 e. The van der Waals surface area contributed by atoms with Crippen LogP contribution in [0.1, 0.15) is 160 Å². The summed E-state index contributed by atoms with van der Waals surface area (Å²) in [7, 11) is 2.59. The lowest BCUT2D eigenvalue weighted by Crippen LogP contribution is -2.53. The van der Waals surface area contributed by atoms with E-state index in [4.69, 9.17) is 0 Å². The standard InChI is InChI=1S/C40H68N/c1-4-6-8-10-12-14-16-18-20-28-34-40(36-38-30-24-22-25-31-38)41(3,37-39-32-26-23-27-33-39)35-29-21-19-17-15-13-11-9-7-5-2/h22-27,30-33,40H,4-21,28-29,34-37H2,1-3H3/q+1. The Hall–Kier alpha value is -1.60. The van der Waals surface area contributed by atoms with E-state index in [2.05, 4.69) is 81.6 Å². The molecule has 0 heterocycles. The van der Waals surface area contributed by atoms with Gasteiger partial charge in [-0.15, -0.1) is 0 Å². The molecule has 0 amide bonds. The van der Waals surface area contributed by atoms with Gasteiger partial charge in [0.1, 0.15) is 6.54 Å². The molecule has 0 saturated heterocycles. The predicted octanol–water partition coefficient (Wildman–Crippen LogP) is 12.5. The molecular formula is C40H68N+. The van der Waals surface area contributed by atoms with Crippen LogP contribution in [-0.2, 0) is 13.0 Å². The molecule has 41 heavy (non-hydrogen) atoms. The quantitative estimate of drug-likeness (QED) is 0.0750. The van der Waals surface area contributed by atoms with Crippen molar-refractivity contribution in [2.75, 3.05) is 13.6 Å². The average Bonchev–Trinajstić information content (AvgIpc) is 2.99. The Balaban J connectivity index is 1.91. The number of benzene rings is 2. The predicted molar refractivity (Wildman–Crippen MR) is 183 cm³/mol. The van der Waals surface area contributed by atoms with Crippen LogP contribution in [0.5, 0.6) is 0 Å². The van der Waals surface area contributed by atoms with Gasteiger partial charge in [0.25, 0.3) is 0 Å². The summed E-state index contributed by atoms with van der Waals surface area (Å²) in [6.07, 6.45) is 30.9. The zero-order valence-electron chi connectivity index (χ0n) is 27.8. The van der Waals surface area contributed by atoms with Gasteiger partial charge in [0.2, 0.25) is 0 Å². The first kappa shape index (κ1) is 35.6. The van der Waals surface area contributed by atoms with Gasteiger partial charge in [-0.25, -0.2) is 0 Å². The fraction of sp³-hybridized carbons (Fsp3) is 0.700. The summed E-state index contributed by atoms with van der Waals surface area (Å²) in [5, 5.41) is 0. The molecule has 0 bridgehead atoms. The minimum atomic E-state index is 0.685. The topological polar surface area (TPSA) is 0 Å². The van der Waals surface area contributed by atoms with Crippen LogP contribution in [-0.4, -0.2) is 24.1 Å². The van der Waals surface area contributed by atoms with Crippen molar-refractivity contribution in [3.8, 4) is 0 Å². The second-order valence-corrected chi connectivity index (χ2v) is 13.3. The van der Waals surface area contributed by atoms with Gasteiger partial charge < -0.3 is 4.48 Å². The Labute approximate surface area is 257 Å². The molecule has 0 aliphatic carbocycles. The Bertz CT molecular complexity index is 815. The molecule has 0 radical (unpaired) electrons. The number of hydrogen-bond acceptors (Lipinski definition) is 0. The van der Waals surface area contributed by atoms with Gasteiger partial charge in [0.05, 0.1) is 19.6 Å². The zero-order chi connectivity index (χ0) is 29.3. The van der Waals surface area contributed by atoms with E-state index in [1.807, 2.05) is 0 Å². The van der Waals surface area contributed by atoms with E-state index < -0.39 is 0 Å². The lowest BCUT2D eigenvalue weighted by Gasteiger charge is -2.42. The van der Waals surface area contributed by atoms with E-state index in [1.54, 1.807) is 0 Å². The highest BCUT2D eigenvalue weighted by atomic mass is 15.4. The molecule has 2 unspecified atom stereocenters. The average molecular weight is 563 g/mol. The maximum absolute atomic E-state index is 2.59. The summed E-state index contributed by atoms with van der Waals surface area (Å²) < 4.78 is 1.19. The van der Waals surface area contributed by atoms with Crippen LogP contribution in [0.3, 0.4) is 0 Å². The van der Waals surface area contributed by atoms with Crippen molar-refractivity contribution in [3.63, 3.8) is 0 Å².